The highest BCUT2D eigenvalue weighted by Gasteiger charge is 2.42. The van der Waals surface area contributed by atoms with Crippen LogP contribution >= 0.6 is 21.6 Å². The predicted molar refractivity (Wildman–Crippen MR) is 81.9 cm³/mol. The Bertz CT molecular complexity index is 398. The zero-order chi connectivity index (χ0) is 14.1. The van der Waals surface area contributed by atoms with Gasteiger partial charge in [0.2, 0.25) is 0 Å². The van der Waals surface area contributed by atoms with Gasteiger partial charge in [-0.15, -0.1) is 0 Å². The zero-order valence-electron chi connectivity index (χ0n) is 11.4. The van der Waals surface area contributed by atoms with E-state index in [9.17, 15) is 14.7 Å². The molecule has 0 bridgehead atoms. The predicted octanol–water partition coefficient (Wildman–Crippen LogP) is 2.33. The summed E-state index contributed by atoms with van der Waals surface area (Å²) in [4.78, 5) is 23.9. The molecule has 3 fully saturated rings. The number of nitrogens with one attached hydrogen (secondary N) is 1. The minimum absolute atomic E-state index is 0.0267. The molecule has 0 spiro atoms. The Balaban J connectivity index is 1.67. The summed E-state index contributed by atoms with van der Waals surface area (Å²) in [6, 6.07) is 0.0267. The Morgan fingerprint density at radius 1 is 1.00 bits per heavy atom. The quantitative estimate of drug-likeness (QED) is 0.779. The second-order valence-corrected chi connectivity index (χ2v) is 8.85. The molecule has 2 saturated heterocycles. The lowest BCUT2D eigenvalue weighted by Crippen LogP contribution is -2.41. The van der Waals surface area contributed by atoms with Crippen molar-refractivity contribution in [3.63, 3.8) is 0 Å². The molecule has 2 aliphatic heterocycles. The minimum atomic E-state index is -0.687. The summed E-state index contributed by atoms with van der Waals surface area (Å²) in [5.74, 6) is -0.546. The first kappa shape index (κ1) is 14.7. The first-order valence-electron chi connectivity index (χ1n) is 7.47. The number of carbonyl (C=O) groups excluding carboxylic acids is 1. The van der Waals surface area contributed by atoms with Crippen LogP contribution < -0.4 is 5.32 Å². The number of fused-ring (bicyclic) bond motifs is 1. The number of hydrogen-bond donors (Lipinski definition) is 2. The topological polar surface area (TPSA) is 66.4 Å². The van der Waals surface area contributed by atoms with Crippen LogP contribution in [0.25, 0.3) is 0 Å². The van der Waals surface area contributed by atoms with Crippen LogP contribution in [0.3, 0.4) is 0 Å². The molecule has 3 aliphatic rings. The number of carbonyl (C=O) groups is 2. The van der Waals surface area contributed by atoms with E-state index in [2.05, 4.69) is 5.32 Å². The number of rotatable bonds is 3. The van der Waals surface area contributed by atoms with E-state index in [0.29, 0.717) is 22.7 Å². The number of ketones is 1. The van der Waals surface area contributed by atoms with E-state index in [1.807, 2.05) is 10.8 Å². The molecule has 2 N–H and O–H groups in total. The third-order valence-electron chi connectivity index (χ3n) is 4.77. The molecular formula is C14H21NO3S2. The molecular weight excluding hydrogens is 294 g/mol. The number of carboxylic acid groups (broad SMARTS) is 1. The Hall–Kier alpha value is -0.200. The lowest BCUT2D eigenvalue weighted by molar-refractivity contribution is -0.142. The Morgan fingerprint density at radius 2 is 1.65 bits per heavy atom. The average Bonchev–Trinajstić information content (AvgIpc) is 2.91. The van der Waals surface area contributed by atoms with Crippen molar-refractivity contribution in [1.82, 2.24) is 5.32 Å². The molecule has 6 heteroatoms. The van der Waals surface area contributed by atoms with Crippen molar-refractivity contribution < 1.29 is 14.7 Å². The molecule has 0 aromatic heterocycles. The van der Waals surface area contributed by atoms with E-state index in [1.54, 1.807) is 10.8 Å². The molecule has 5 atom stereocenters. The first-order valence-corrected chi connectivity index (χ1v) is 9.75. The van der Waals surface area contributed by atoms with E-state index in [-0.39, 0.29) is 17.9 Å². The van der Waals surface area contributed by atoms with Gasteiger partial charge in [0, 0.05) is 16.4 Å². The number of carboxylic acids is 1. The lowest BCUT2D eigenvalue weighted by atomic mass is 9.81. The number of Topliss-reactive ketones (excluding diaryl/α,β-unsaturated/α-hetero) is 1. The number of aliphatic carboxylic acids is 1. The van der Waals surface area contributed by atoms with Crippen molar-refractivity contribution in [2.75, 3.05) is 6.54 Å². The zero-order valence-corrected chi connectivity index (χ0v) is 13.0. The molecule has 20 heavy (non-hydrogen) atoms. The van der Waals surface area contributed by atoms with Crippen LogP contribution in [0, 0.1) is 11.8 Å². The van der Waals surface area contributed by atoms with Crippen molar-refractivity contribution in [3.05, 3.63) is 0 Å². The molecule has 0 aromatic rings. The van der Waals surface area contributed by atoms with Crippen LogP contribution in [0.15, 0.2) is 0 Å². The SMILES string of the molecule is O=C(O)C1CCC(C(=O)[C@@H]2CCCN2)CC2SSC2C1. The molecule has 2 heterocycles. The van der Waals surface area contributed by atoms with Crippen LogP contribution in [0.1, 0.15) is 38.5 Å². The molecule has 0 radical (unpaired) electrons. The van der Waals surface area contributed by atoms with E-state index in [1.165, 1.54) is 0 Å². The van der Waals surface area contributed by atoms with Gasteiger partial charge >= 0.3 is 5.97 Å². The van der Waals surface area contributed by atoms with Gasteiger partial charge in [-0.3, -0.25) is 9.59 Å². The van der Waals surface area contributed by atoms with Crippen molar-refractivity contribution in [2.24, 2.45) is 11.8 Å². The van der Waals surface area contributed by atoms with Crippen LogP contribution in [-0.4, -0.2) is 39.9 Å². The Kier molecular flexibility index (Phi) is 4.62. The fraction of sp³-hybridized carbons (Fsp3) is 0.857. The summed E-state index contributed by atoms with van der Waals surface area (Å²) in [6.07, 6.45) is 5.17. The molecule has 4 unspecified atom stereocenters. The first-order chi connectivity index (χ1) is 9.65. The minimum Gasteiger partial charge on any atom is -0.481 e. The normalized spacial score (nSPS) is 41.1. The van der Waals surface area contributed by atoms with Crippen LogP contribution in [0.5, 0.6) is 0 Å². The summed E-state index contributed by atoms with van der Waals surface area (Å²) in [7, 11) is 3.65. The fourth-order valence-corrected chi connectivity index (χ4v) is 6.51. The van der Waals surface area contributed by atoms with Crippen molar-refractivity contribution in [2.45, 2.75) is 55.1 Å². The standard InChI is InChI=1S/C14H21NO3S2/c16-13(10-2-1-5-15-10)8-3-4-9(14(17)18)7-12-11(6-8)19-20-12/h8-12,15H,1-7H2,(H,17,18)/t8?,9?,10-,11?,12?/m0/s1. The maximum absolute atomic E-state index is 12.6. The van der Waals surface area contributed by atoms with E-state index >= 15 is 0 Å². The van der Waals surface area contributed by atoms with Crippen LogP contribution in [0.2, 0.25) is 0 Å². The van der Waals surface area contributed by atoms with Crippen molar-refractivity contribution in [3.8, 4) is 0 Å². The van der Waals surface area contributed by atoms with Gasteiger partial charge in [0.1, 0.15) is 0 Å². The van der Waals surface area contributed by atoms with Crippen LogP contribution in [-0.2, 0) is 9.59 Å². The monoisotopic (exact) mass is 315 g/mol. The fourth-order valence-electron chi connectivity index (χ4n) is 3.49. The Morgan fingerprint density at radius 3 is 2.20 bits per heavy atom. The molecule has 0 amide bonds. The van der Waals surface area contributed by atoms with E-state index in [4.69, 9.17) is 0 Å². The van der Waals surface area contributed by atoms with Crippen LogP contribution in [0.4, 0.5) is 0 Å². The van der Waals surface area contributed by atoms with Crippen molar-refractivity contribution >= 4 is 33.3 Å². The third-order valence-corrected chi connectivity index (χ3v) is 8.41. The largest absolute Gasteiger partial charge is 0.481 e. The second-order valence-electron chi connectivity index (χ2n) is 6.10. The smallest absolute Gasteiger partial charge is 0.306 e. The molecule has 3 rings (SSSR count). The third kappa shape index (κ3) is 3.02. The maximum Gasteiger partial charge on any atom is 0.306 e. The average molecular weight is 315 g/mol. The van der Waals surface area contributed by atoms with Gasteiger partial charge in [-0.05, 0) is 45.1 Å². The summed E-state index contributed by atoms with van der Waals surface area (Å²) < 4.78 is 0. The molecule has 1 saturated carbocycles. The highest BCUT2D eigenvalue weighted by molar-refractivity contribution is 8.80. The maximum atomic E-state index is 12.6. The van der Waals surface area contributed by atoms with E-state index in [0.717, 1.165) is 38.6 Å². The van der Waals surface area contributed by atoms with Gasteiger partial charge in [-0.1, -0.05) is 21.6 Å². The molecule has 1 aliphatic carbocycles. The lowest BCUT2D eigenvalue weighted by Gasteiger charge is -2.40. The number of hydrogen-bond acceptors (Lipinski definition) is 5. The summed E-state index contributed by atoms with van der Waals surface area (Å²) >= 11 is 0. The van der Waals surface area contributed by atoms with E-state index < -0.39 is 5.97 Å². The Labute approximate surface area is 127 Å². The van der Waals surface area contributed by atoms with Crippen molar-refractivity contribution in [1.29, 1.82) is 0 Å². The van der Waals surface area contributed by atoms with Gasteiger partial charge in [0.15, 0.2) is 5.78 Å². The highest BCUT2D eigenvalue weighted by Crippen LogP contribution is 2.54. The van der Waals surface area contributed by atoms with Gasteiger partial charge in [0.05, 0.1) is 12.0 Å². The van der Waals surface area contributed by atoms with Gasteiger partial charge in [0.25, 0.3) is 0 Å². The molecule has 112 valence electrons. The summed E-state index contributed by atoms with van der Waals surface area (Å²) in [6.45, 7) is 0.942. The summed E-state index contributed by atoms with van der Waals surface area (Å²) in [5.41, 5.74) is 0. The second kappa shape index (κ2) is 6.28. The van der Waals surface area contributed by atoms with Gasteiger partial charge < -0.3 is 10.4 Å². The van der Waals surface area contributed by atoms with Gasteiger partial charge in [-0.2, -0.15) is 0 Å². The summed E-state index contributed by atoms with van der Waals surface area (Å²) in [5, 5.41) is 13.5. The molecule has 0 aromatic carbocycles. The molecule has 4 nitrogen and oxygen atoms in total. The highest BCUT2D eigenvalue weighted by atomic mass is 33.1. The van der Waals surface area contributed by atoms with Gasteiger partial charge in [-0.25, -0.2) is 0 Å².